The Bertz CT molecular complexity index is 1170. The zero-order valence-corrected chi connectivity index (χ0v) is 29.9. The quantitative estimate of drug-likeness (QED) is 0.268. The Hall–Kier alpha value is -2.33. The highest BCUT2D eigenvalue weighted by Gasteiger charge is 2.32. The maximum absolute atomic E-state index is 14.8. The normalized spacial score (nSPS) is 12.8. The monoisotopic (exact) mass is 597 g/mol. The average molecular weight is 598 g/mol. The summed E-state index contributed by atoms with van der Waals surface area (Å²) in [5, 5.41) is 0.0553. The molecule has 0 bridgehead atoms. The Kier molecular flexibility index (Phi) is 19.4. The number of allylic oxidation sites excluding steroid dienone is 5. The molecular formula is C38H60FNOS. The van der Waals surface area contributed by atoms with Gasteiger partial charge in [0, 0.05) is 27.1 Å². The van der Waals surface area contributed by atoms with E-state index in [1.807, 2.05) is 53.7 Å². The molecule has 0 aliphatic heterocycles. The number of aromatic nitrogens is 1. The molecule has 0 spiro atoms. The number of thioether (sulfide) groups is 1. The van der Waals surface area contributed by atoms with Crippen molar-refractivity contribution in [1.82, 2.24) is 4.57 Å². The van der Waals surface area contributed by atoms with Crippen molar-refractivity contribution in [2.45, 2.75) is 133 Å². The van der Waals surface area contributed by atoms with Gasteiger partial charge in [0.05, 0.1) is 6.54 Å². The van der Waals surface area contributed by atoms with Crippen LogP contribution in [-0.4, -0.2) is 14.4 Å². The van der Waals surface area contributed by atoms with Gasteiger partial charge in [-0.3, -0.25) is 4.79 Å². The Morgan fingerprint density at radius 3 is 2.17 bits per heavy atom. The molecule has 1 heterocycles. The summed E-state index contributed by atoms with van der Waals surface area (Å²) in [6.45, 7) is 27.3. The van der Waals surface area contributed by atoms with Crippen LogP contribution in [0.4, 0.5) is 4.39 Å². The number of hydrogen-bond donors (Lipinski definition) is 0. The molecule has 4 heteroatoms. The van der Waals surface area contributed by atoms with Crippen molar-refractivity contribution in [3.8, 4) is 0 Å². The number of nitrogens with zero attached hydrogens (tertiary/aromatic N) is 1. The third-order valence-corrected chi connectivity index (χ3v) is 7.44. The van der Waals surface area contributed by atoms with Crippen LogP contribution in [0.5, 0.6) is 0 Å². The van der Waals surface area contributed by atoms with Gasteiger partial charge in [-0.05, 0) is 43.2 Å². The van der Waals surface area contributed by atoms with Crippen LogP contribution in [0.25, 0.3) is 11.6 Å². The van der Waals surface area contributed by atoms with E-state index in [1.165, 1.54) is 23.4 Å². The molecule has 2 nitrogen and oxygen atoms in total. The molecule has 0 fully saturated rings. The third kappa shape index (κ3) is 11.4. The van der Waals surface area contributed by atoms with Gasteiger partial charge < -0.3 is 4.57 Å². The van der Waals surface area contributed by atoms with Gasteiger partial charge in [-0.1, -0.05) is 156 Å². The zero-order chi connectivity index (χ0) is 32.5. The van der Waals surface area contributed by atoms with Crippen molar-refractivity contribution >= 4 is 28.5 Å². The van der Waals surface area contributed by atoms with Crippen LogP contribution in [0, 0.1) is 11.7 Å². The topological polar surface area (TPSA) is 22.0 Å². The van der Waals surface area contributed by atoms with Gasteiger partial charge in [-0.25, -0.2) is 4.39 Å². The molecule has 0 radical (unpaired) electrons. The number of carbonyl (C=O) groups excluding carboxylic acids is 1. The van der Waals surface area contributed by atoms with E-state index in [1.54, 1.807) is 6.07 Å². The van der Waals surface area contributed by atoms with Gasteiger partial charge in [0.2, 0.25) is 5.12 Å². The number of fused-ring (bicyclic) bond motifs is 1. The number of hydrogen-bond acceptors (Lipinski definition) is 2. The first-order valence-electron chi connectivity index (χ1n) is 16.4. The maximum atomic E-state index is 14.8. The van der Waals surface area contributed by atoms with Crippen LogP contribution in [0.2, 0.25) is 0 Å². The van der Waals surface area contributed by atoms with Crippen molar-refractivity contribution < 1.29 is 9.18 Å². The SMILES string of the molecule is CC.CC.CC.CC/C=C\C=C(\c1c2c(n(Cc3ccccc3F)c1C(=O)SC(C)(C)C)CCC(CCC)=C2)C(C)C. The largest absolute Gasteiger partial charge is 0.336 e. The highest BCUT2D eigenvalue weighted by atomic mass is 32.2. The molecule has 0 saturated heterocycles. The van der Waals surface area contributed by atoms with Crippen molar-refractivity contribution in [3.05, 3.63) is 82.0 Å². The predicted octanol–water partition coefficient (Wildman–Crippen LogP) is 12.6. The minimum Gasteiger partial charge on any atom is -0.336 e. The van der Waals surface area contributed by atoms with Crippen molar-refractivity contribution in [1.29, 1.82) is 0 Å². The summed E-state index contributed by atoms with van der Waals surface area (Å²) in [4.78, 5) is 14.0. The Balaban J connectivity index is 0.00000263. The molecule has 42 heavy (non-hydrogen) atoms. The highest BCUT2D eigenvalue weighted by molar-refractivity contribution is 8.15. The first kappa shape index (κ1) is 39.7. The fraction of sp³-hybridized carbons (Fsp3) is 0.553. The lowest BCUT2D eigenvalue weighted by Crippen LogP contribution is -2.18. The van der Waals surface area contributed by atoms with E-state index in [-0.39, 0.29) is 21.6 Å². The fourth-order valence-electron chi connectivity index (χ4n) is 4.86. The first-order valence-corrected chi connectivity index (χ1v) is 17.2. The summed E-state index contributed by atoms with van der Waals surface area (Å²) in [5.74, 6) is 0.00274. The van der Waals surface area contributed by atoms with Crippen LogP contribution >= 0.6 is 11.8 Å². The lowest BCUT2D eigenvalue weighted by Gasteiger charge is -2.20. The molecule has 1 aromatic carbocycles. The second kappa shape index (κ2) is 20.6. The second-order valence-corrected chi connectivity index (χ2v) is 12.7. The minimum absolute atomic E-state index is 0.0553. The number of rotatable bonds is 9. The van der Waals surface area contributed by atoms with Gasteiger partial charge in [-0.15, -0.1) is 0 Å². The number of carbonyl (C=O) groups is 1. The van der Waals surface area contributed by atoms with E-state index in [4.69, 9.17) is 0 Å². The molecule has 236 valence electrons. The molecule has 0 saturated carbocycles. The minimum atomic E-state index is -0.230. The van der Waals surface area contributed by atoms with Crippen molar-refractivity contribution in [2.24, 2.45) is 5.92 Å². The van der Waals surface area contributed by atoms with Crippen molar-refractivity contribution in [3.63, 3.8) is 0 Å². The Morgan fingerprint density at radius 1 is 1.02 bits per heavy atom. The molecule has 2 aromatic rings. The molecule has 1 aliphatic rings. The zero-order valence-electron chi connectivity index (χ0n) is 29.1. The predicted molar refractivity (Wildman–Crippen MR) is 189 cm³/mol. The summed E-state index contributed by atoms with van der Waals surface area (Å²) in [6, 6.07) is 6.92. The Labute approximate surface area is 263 Å². The lowest BCUT2D eigenvalue weighted by atomic mass is 9.87. The van der Waals surface area contributed by atoms with Crippen LogP contribution in [0.1, 0.15) is 149 Å². The van der Waals surface area contributed by atoms with Crippen molar-refractivity contribution in [2.75, 3.05) is 0 Å². The van der Waals surface area contributed by atoms with E-state index in [9.17, 15) is 9.18 Å². The van der Waals surface area contributed by atoms with Crippen LogP contribution in [0.3, 0.4) is 0 Å². The average Bonchev–Trinajstić information content (AvgIpc) is 3.27. The molecule has 1 aromatic heterocycles. The highest BCUT2D eigenvalue weighted by Crippen LogP contribution is 2.42. The first-order chi connectivity index (χ1) is 20.1. The van der Waals surface area contributed by atoms with Crippen LogP contribution in [-0.2, 0) is 13.0 Å². The van der Waals surface area contributed by atoms with E-state index in [0.717, 1.165) is 54.5 Å². The van der Waals surface area contributed by atoms with E-state index in [0.29, 0.717) is 17.8 Å². The lowest BCUT2D eigenvalue weighted by molar-refractivity contribution is 0.107. The molecule has 0 amide bonds. The van der Waals surface area contributed by atoms with Gasteiger partial charge >= 0.3 is 0 Å². The van der Waals surface area contributed by atoms with Crippen LogP contribution in [0.15, 0.2) is 48.1 Å². The van der Waals surface area contributed by atoms with Gasteiger partial charge in [0.15, 0.2) is 0 Å². The molecule has 0 N–H and O–H groups in total. The van der Waals surface area contributed by atoms with E-state index >= 15 is 0 Å². The molecule has 0 atom stereocenters. The van der Waals surface area contributed by atoms with Gasteiger partial charge in [-0.2, -0.15) is 0 Å². The smallest absolute Gasteiger partial charge is 0.236 e. The fourth-order valence-corrected chi connectivity index (χ4v) is 5.73. The third-order valence-electron chi connectivity index (χ3n) is 6.45. The van der Waals surface area contributed by atoms with Gasteiger partial charge in [0.1, 0.15) is 11.5 Å². The summed E-state index contributed by atoms with van der Waals surface area (Å²) >= 11 is 1.37. The summed E-state index contributed by atoms with van der Waals surface area (Å²) < 4.78 is 16.7. The molecule has 0 unspecified atom stereocenters. The molecular weight excluding hydrogens is 537 g/mol. The Morgan fingerprint density at radius 2 is 1.64 bits per heavy atom. The number of halogens is 1. The summed E-state index contributed by atoms with van der Waals surface area (Å²) in [7, 11) is 0. The second-order valence-electron chi connectivity index (χ2n) is 10.9. The molecule has 1 aliphatic carbocycles. The van der Waals surface area contributed by atoms with Crippen LogP contribution < -0.4 is 0 Å². The number of benzene rings is 1. The van der Waals surface area contributed by atoms with Gasteiger partial charge in [0.25, 0.3) is 0 Å². The molecule has 3 rings (SSSR count). The summed E-state index contributed by atoms with van der Waals surface area (Å²) in [5.41, 5.74) is 7.26. The van der Waals surface area contributed by atoms with E-state index in [2.05, 4.69) is 77.3 Å². The van der Waals surface area contributed by atoms with E-state index < -0.39 is 0 Å². The standard InChI is InChI=1S/C32H42FNOS.3C2H6/c1-8-10-11-16-25(22(3)4)29-26-20-23(14-9-2)18-19-28(26)34(21-24-15-12-13-17-27(24)33)30(29)31(35)36-32(5,6)7;3*1-2/h10-13,15-17,20,22H,8-9,14,18-19,21H2,1-7H3;3*1-2H3/b11-10-,25-16+;;;. The maximum Gasteiger partial charge on any atom is 0.236 e. The summed E-state index contributed by atoms with van der Waals surface area (Å²) in [6.07, 6.45) is 13.7.